The van der Waals surface area contributed by atoms with E-state index in [0.717, 1.165) is 33.5 Å². The average molecular weight is 471 g/mol. The number of rotatable bonds is 7. The van der Waals surface area contributed by atoms with Gasteiger partial charge in [0, 0.05) is 17.8 Å². The number of nitrogens with one attached hydrogen (secondary N) is 1. The molecule has 5 aromatic rings. The van der Waals surface area contributed by atoms with Crippen LogP contribution in [0.4, 0.5) is 10.1 Å². The molecule has 8 nitrogen and oxygen atoms in total. The molecule has 0 aliphatic carbocycles. The van der Waals surface area contributed by atoms with Gasteiger partial charge < -0.3 is 10.1 Å². The fraction of sp³-hybridized carbons (Fsp3) is 0.154. The van der Waals surface area contributed by atoms with Crippen molar-refractivity contribution in [3.63, 3.8) is 0 Å². The molecule has 0 atom stereocenters. The van der Waals surface area contributed by atoms with E-state index in [-0.39, 0.29) is 18.3 Å². The van der Waals surface area contributed by atoms with Crippen LogP contribution >= 0.6 is 0 Å². The monoisotopic (exact) mass is 470 g/mol. The zero-order chi connectivity index (χ0) is 24.4. The van der Waals surface area contributed by atoms with Gasteiger partial charge in [-0.05, 0) is 53.9 Å². The molecule has 5 rings (SSSR count). The van der Waals surface area contributed by atoms with Crippen molar-refractivity contribution in [1.82, 2.24) is 24.5 Å². The highest BCUT2D eigenvalue weighted by Crippen LogP contribution is 2.30. The molecule has 0 unspecified atom stereocenters. The predicted molar refractivity (Wildman–Crippen MR) is 131 cm³/mol. The number of carbonyl (C=O) groups is 1. The highest BCUT2D eigenvalue weighted by atomic mass is 19.1. The maximum atomic E-state index is 13.4. The molecule has 1 N–H and O–H groups in total. The lowest BCUT2D eigenvalue weighted by molar-refractivity contribution is -0.116. The summed E-state index contributed by atoms with van der Waals surface area (Å²) in [5.41, 5.74) is 4.74. The summed E-state index contributed by atoms with van der Waals surface area (Å²) < 4.78 is 21.9. The Bertz CT molecular complexity index is 1510. The van der Waals surface area contributed by atoms with Crippen molar-refractivity contribution in [2.45, 2.75) is 20.0 Å². The smallest absolute Gasteiger partial charge is 0.246 e. The molecule has 0 fully saturated rings. The highest BCUT2D eigenvalue weighted by Gasteiger charge is 2.16. The number of hydrogen-bond acceptors (Lipinski definition) is 5. The van der Waals surface area contributed by atoms with Crippen molar-refractivity contribution in [2.75, 3.05) is 12.4 Å². The number of methoxy groups -OCH3 is 1. The van der Waals surface area contributed by atoms with Gasteiger partial charge in [-0.25, -0.2) is 14.1 Å². The second kappa shape index (κ2) is 9.38. The molecule has 0 bridgehead atoms. The minimum absolute atomic E-state index is 0.00151. The number of aryl methyl sites for hydroxylation is 1. The first-order chi connectivity index (χ1) is 17.0. The zero-order valence-corrected chi connectivity index (χ0v) is 19.3. The Morgan fingerprint density at radius 3 is 2.74 bits per heavy atom. The molecular formula is C26H23FN6O2. The highest BCUT2D eigenvalue weighted by molar-refractivity contribution is 5.96. The molecule has 0 radical (unpaired) electrons. The van der Waals surface area contributed by atoms with Crippen LogP contribution in [0.5, 0.6) is 5.75 Å². The zero-order valence-electron chi connectivity index (χ0n) is 19.3. The molecule has 0 spiro atoms. The third-order valence-electron chi connectivity index (χ3n) is 5.65. The van der Waals surface area contributed by atoms with Crippen molar-refractivity contribution in [2.24, 2.45) is 0 Å². The van der Waals surface area contributed by atoms with Gasteiger partial charge in [-0.15, -0.1) is 0 Å². The number of benzene rings is 2. The third kappa shape index (κ3) is 4.74. The molecular weight excluding hydrogens is 447 g/mol. The maximum absolute atomic E-state index is 13.4. The van der Waals surface area contributed by atoms with E-state index in [4.69, 9.17) is 4.74 Å². The van der Waals surface area contributed by atoms with Crippen molar-refractivity contribution < 1.29 is 13.9 Å². The van der Waals surface area contributed by atoms with Gasteiger partial charge in [-0.3, -0.25) is 9.48 Å². The minimum Gasteiger partial charge on any atom is -0.497 e. The summed E-state index contributed by atoms with van der Waals surface area (Å²) in [4.78, 5) is 17.3. The molecule has 3 aromatic heterocycles. The van der Waals surface area contributed by atoms with E-state index in [2.05, 4.69) is 20.5 Å². The quantitative estimate of drug-likeness (QED) is 0.380. The van der Waals surface area contributed by atoms with Gasteiger partial charge in [0.05, 0.1) is 31.2 Å². The Morgan fingerprint density at radius 1 is 1.14 bits per heavy atom. The normalized spacial score (nSPS) is 11.1. The van der Waals surface area contributed by atoms with Crippen LogP contribution in [0.3, 0.4) is 0 Å². The van der Waals surface area contributed by atoms with Crippen LogP contribution in [0.2, 0.25) is 0 Å². The number of aromatic nitrogens is 5. The van der Waals surface area contributed by atoms with E-state index in [0.29, 0.717) is 17.9 Å². The van der Waals surface area contributed by atoms with Crippen molar-refractivity contribution in [3.8, 4) is 16.9 Å². The topological polar surface area (TPSA) is 86.9 Å². The number of pyridine rings is 1. The molecule has 2 aromatic carbocycles. The number of amides is 1. The van der Waals surface area contributed by atoms with Crippen LogP contribution in [0.15, 0.2) is 73.2 Å². The van der Waals surface area contributed by atoms with E-state index in [1.807, 2.05) is 43.3 Å². The summed E-state index contributed by atoms with van der Waals surface area (Å²) in [6.07, 6.45) is 4.98. The minimum atomic E-state index is -0.298. The van der Waals surface area contributed by atoms with E-state index < -0.39 is 0 Å². The molecule has 0 aliphatic heterocycles. The third-order valence-corrected chi connectivity index (χ3v) is 5.65. The standard InChI is InChI=1S/C26H23FN6O2/c1-17-25-23(19-6-8-22(35-2)9-7-19)10-11-28-26(25)33(31-17)16-24(34)30-21-13-29-32(15-21)14-18-4-3-5-20(27)12-18/h3-13,15H,14,16H2,1-2H3,(H,30,34). The van der Waals surface area contributed by atoms with Gasteiger partial charge >= 0.3 is 0 Å². The van der Waals surface area contributed by atoms with Crippen LogP contribution in [0, 0.1) is 12.7 Å². The second-order valence-corrected chi connectivity index (χ2v) is 8.13. The Labute approximate surface area is 201 Å². The summed E-state index contributed by atoms with van der Waals surface area (Å²) in [6.45, 7) is 2.30. The second-order valence-electron chi connectivity index (χ2n) is 8.13. The molecule has 1 amide bonds. The number of nitrogens with zero attached hydrogens (tertiary/aromatic N) is 5. The van der Waals surface area contributed by atoms with Crippen LogP contribution < -0.4 is 10.1 Å². The van der Waals surface area contributed by atoms with Crippen molar-refractivity contribution in [1.29, 1.82) is 0 Å². The Kier molecular flexibility index (Phi) is 5.97. The summed E-state index contributed by atoms with van der Waals surface area (Å²) in [6, 6.07) is 16.1. The fourth-order valence-electron chi connectivity index (χ4n) is 4.08. The summed E-state index contributed by atoms with van der Waals surface area (Å²) in [7, 11) is 1.63. The van der Waals surface area contributed by atoms with Gasteiger partial charge in [0.15, 0.2) is 5.65 Å². The Hall–Kier alpha value is -4.53. The number of hydrogen-bond donors (Lipinski definition) is 1. The predicted octanol–water partition coefficient (Wildman–Crippen LogP) is 4.44. The first-order valence-electron chi connectivity index (χ1n) is 11.0. The number of ether oxygens (including phenoxy) is 1. The fourth-order valence-corrected chi connectivity index (χ4v) is 4.08. The molecule has 0 aliphatic rings. The first kappa shape index (κ1) is 22.3. The SMILES string of the molecule is COc1ccc(-c2ccnc3c2c(C)nn3CC(=O)Nc2cnn(Cc3cccc(F)c3)c2)cc1. The Morgan fingerprint density at radius 2 is 1.97 bits per heavy atom. The largest absolute Gasteiger partial charge is 0.497 e. The van der Waals surface area contributed by atoms with Crippen LogP contribution in [-0.4, -0.2) is 37.6 Å². The van der Waals surface area contributed by atoms with E-state index in [1.165, 1.54) is 12.1 Å². The van der Waals surface area contributed by atoms with Crippen LogP contribution in [0.1, 0.15) is 11.3 Å². The molecule has 176 valence electrons. The van der Waals surface area contributed by atoms with Gasteiger partial charge in [-0.1, -0.05) is 24.3 Å². The summed E-state index contributed by atoms with van der Waals surface area (Å²) >= 11 is 0. The Balaban J connectivity index is 1.33. The lowest BCUT2D eigenvalue weighted by Crippen LogP contribution is -2.19. The lowest BCUT2D eigenvalue weighted by atomic mass is 10.0. The summed E-state index contributed by atoms with van der Waals surface area (Å²) in [5.74, 6) is 0.229. The lowest BCUT2D eigenvalue weighted by Gasteiger charge is -2.07. The van der Waals surface area contributed by atoms with E-state index >= 15 is 0 Å². The van der Waals surface area contributed by atoms with Crippen molar-refractivity contribution in [3.05, 3.63) is 90.3 Å². The molecule has 9 heteroatoms. The maximum Gasteiger partial charge on any atom is 0.246 e. The van der Waals surface area contributed by atoms with E-state index in [9.17, 15) is 9.18 Å². The van der Waals surface area contributed by atoms with Crippen LogP contribution in [0.25, 0.3) is 22.2 Å². The van der Waals surface area contributed by atoms with Gasteiger partial charge in [0.1, 0.15) is 18.1 Å². The molecule has 0 saturated heterocycles. The van der Waals surface area contributed by atoms with Gasteiger partial charge in [0.2, 0.25) is 5.91 Å². The molecule has 0 saturated carbocycles. The van der Waals surface area contributed by atoms with Crippen molar-refractivity contribution >= 4 is 22.6 Å². The molecule has 35 heavy (non-hydrogen) atoms. The summed E-state index contributed by atoms with van der Waals surface area (Å²) in [5, 5.41) is 12.6. The van der Waals surface area contributed by atoms with Gasteiger partial charge in [-0.2, -0.15) is 10.2 Å². The number of anilines is 1. The first-order valence-corrected chi connectivity index (χ1v) is 11.0. The molecule has 3 heterocycles. The van der Waals surface area contributed by atoms with E-state index in [1.54, 1.807) is 41.1 Å². The number of fused-ring (bicyclic) bond motifs is 1. The van der Waals surface area contributed by atoms with Crippen LogP contribution in [-0.2, 0) is 17.9 Å². The average Bonchev–Trinajstić information content (AvgIpc) is 3.42. The van der Waals surface area contributed by atoms with Gasteiger partial charge in [0.25, 0.3) is 0 Å². The number of carbonyl (C=O) groups excluding carboxylic acids is 1. The number of halogens is 1.